The summed E-state index contributed by atoms with van der Waals surface area (Å²) in [4.78, 5) is 14.4. The molecule has 1 saturated heterocycles. The Morgan fingerprint density at radius 3 is 2.63 bits per heavy atom. The number of aliphatic hydroxyl groups excluding tert-OH is 2. The molecule has 4 fully saturated rings. The molecule has 0 aromatic carbocycles. The van der Waals surface area contributed by atoms with Crippen molar-refractivity contribution in [2.24, 2.45) is 46.3 Å². The number of hydrogen-bond donors (Lipinski definition) is 2. The number of nitrogens with zero attached hydrogens (tertiary/aromatic N) is 1. The molecule has 1 heterocycles. The lowest BCUT2D eigenvalue weighted by molar-refractivity contribution is -0.0596. The molecule has 2 N–H and O–H groups in total. The lowest BCUT2D eigenvalue weighted by atomic mass is 9.47. The van der Waals surface area contributed by atoms with E-state index in [1.54, 1.807) is 0 Å². The molecule has 0 aromatic rings. The summed E-state index contributed by atoms with van der Waals surface area (Å²) in [6, 6.07) is -0.328. The van der Waals surface area contributed by atoms with Crippen molar-refractivity contribution in [1.29, 1.82) is 0 Å². The van der Waals surface area contributed by atoms with E-state index in [4.69, 9.17) is 4.74 Å². The Balaban J connectivity index is 1.23. The van der Waals surface area contributed by atoms with E-state index in [1.807, 2.05) is 0 Å². The Hall–Kier alpha value is -1.07. The minimum Gasteiger partial charge on any atom is -0.446 e. The second kappa shape index (κ2) is 11.1. The Morgan fingerprint density at radius 2 is 1.89 bits per heavy atom. The number of fused-ring (bicyclic) bond motifs is 5. The Morgan fingerprint density at radius 1 is 1.11 bits per heavy atom. The molecule has 4 unspecified atom stereocenters. The second-order valence-corrected chi connectivity index (χ2v) is 14.9. The van der Waals surface area contributed by atoms with E-state index in [9.17, 15) is 15.0 Å². The molecule has 4 aliphatic carbocycles. The van der Waals surface area contributed by atoms with Crippen LogP contribution >= 0.6 is 0 Å². The molecular weight excluding hydrogens is 474 g/mol. The van der Waals surface area contributed by atoms with Gasteiger partial charge in [0.2, 0.25) is 0 Å². The van der Waals surface area contributed by atoms with Gasteiger partial charge in [-0.2, -0.15) is 0 Å². The molecule has 38 heavy (non-hydrogen) atoms. The summed E-state index contributed by atoms with van der Waals surface area (Å²) in [6.45, 7) is 12.6. The molecule has 5 nitrogen and oxygen atoms in total. The standard InChI is InChI=1S/C33H55NO4/c1-21(2)7-6-8-22(3)28-11-12-29-27-10-9-23-17-26(38-31(37)34-19-25(36)18-24(34)20-35)13-15-32(23,4)30(27)14-16-33(28,29)5/h9,21-22,24-30,35-36H,6-8,10-20H2,1-5H3/t22-,24+,25-,26?,27?,28-,29?,30?,32+,33-/m1/s1. The fourth-order valence-corrected chi connectivity index (χ4v) is 10.3. The van der Waals surface area contributed by atoms with Gasteiger partial charge in [0, 0.05) is 6.42 Å². The fraction of sp³-hybridized carbons (Fsp3) is 0.909. The van der Waals surface area contributed by atoms with Crippen LogP contribution in [0.5, 0.6) is 0 Å². The van der Waals surface area contributed by atoms with Gasteiger partial charge in [-0.3, -0.25) is 0 Å². The quantitative estimate of drug-likeness (QED) is 0.350. The molecular formula is C33H55NO4. The third-order valence-corrected chi connectivity index (χ3v) is 12.4. The molecule has 5 aliphatic rings. The topological polar surface area (TPSA) is 70.0 Å². The normalized spacial score (nSPS) is 43.3. The van der Waals surface area contributed by atoms with Crippen molar-refractivity contribution >= 4 is 6.09 Å². The van der Waals surface area contributed by atoms with Gasteiger partial charge in [-0.05, 0) is 97.7 Å². The molecule has 1 aliphatic heterocycles. The Kier molecular flexibility index (Phi) is 8.29. The zero-order chi connectivity index (χ0) is 27.2. The number of amides is 1. The number of hydrogen-bond acceptors (Lipinski definition) is 4. The second-order valence-electron chi connectivity index (χ2n) is 14.9. The number of rotatable bonds is 7. The summed E-state index contributed by atoms with van der Waals surface area (Å²) < 4.78 is 5.98. The van der Waals surface area contributed by atoms with Crippen LogP contribution < -0.4 is 0 Å². The van der Waals surface area contributed by atoms with E-state index in [0.717, 1.165) is 54.8 Å². The third kappa shape index (κ3) is 5.08. The van der Waals surface area contributed by atoms with Crippen LogP contribution in [-0.4, -0.2) is 52.6 Å². The third-order valence-electron chi connectivity index (χ3n) is 12.4. The van der Waals surface area contributed by atoms with Gasteiger partial charge in [0.15, 0.2) is 0 Å². The van der Waals surface area contributed by atoms with Gasteiger partial charge in [0.1, 0.15) is 6.10 Å². The van der Waals surface area contributed by atoms with Gasteiger partial charge >= 0.3 is 6.09 Å². The van der Waals surface area contributed by atoms with Crippen molar-refractivity contribution in [3.63, 3.8) is 0 Å². The maximum absolute atomic E-state index is 12.9. The summed E-state index contributed by atoms with van der Waals surface area (Å²) in [5, 5.41) is 19.6. The highest BCUT2D eigenvalue weighted by atomic mass is 16.6. The van der Waals surface area contributed by atoms with Crippen molar-refractivity contribution in [3.8, 4) is 0 Å². The summed E-state index contributed by atoms with van der Waals surface area (Å²) >= 11 is 0. The average Bonchev–Trinajstić information content (AvgIpc) is 3.43. The molecule has 1 amide bonds. The van der Waals surface area contributed by atoms with E-state index < -0.39 is 6.10 Å². The first-order chi connectivity index (χ1) is 18.1. The van der Waals surface area contributed by atoms with Crippen LogP contribution in [0.25, 0.3) is 0 Å². The predicted octanol–water partition coefficient (Wildman–Crippen LogP) is 6.96. The van der Waals surface area contributed by atoms with E-state index in [0.29, 0.717) is 11.8 Å². The molecule has 10 atom stereocenters. The number of carbonyl (C=O) groups is 1. The number of aliphatic hydroxyl groups is 2. The molecule has 0 aromatic heterocycles. The van der Waals surface area contributed by atoms with Gasteiger partial charge < -0.3 is 19.8 Å². The van der Waals surface area contributed by atoms with Crippen molar-refractivity contribution in [1.82, 2.24) is 4.90 Å². The molecule has 216 valence electrons. The summed E-state index contributed by atoms with van der Waals surface area (Å²) in [5.74, 6) is 4.99. The number of likely N-dealkylation sites (tertiary alicyclic amines) is 1. The Bertz CT molecular complexity index is 886. The zero-order valence-corrected chi connectivity index (χ0v) is 24.8. The highest BCUT2D eigenvalue weighted by Gasteiger charge is 2.59. The largest absolute Gasteiger partial charge is 0.446 e. The van der Waals surface area contributed by atoms with Gasteiger partial charge in [0.25, 0.3) is 0 Å². The van der Waals surface area contributed by atoms with Crippen molar-refractivity contribution in [2.75, 3.05) is 13.2 Å². The molecule has 0 radical (unpaired) electrons. The lowest BCUT2D eigenvalue weighted by Crippen LogP contribution is -2.51. The van der Waals surface area contributed by atoms with Crippen molar-refractivity contribution < 1.29 is 19.7 Å². The highest BCUT2D eigenvalue weighted by Crippen LogP contribution is 2.67. The minimum atomic E-state index is -0.567. The first-order valence-electron chi connectivity index (χ1n) is 16.0. The number of ether oxygens (including phenoxy) is 1. The monoisotopic (exact) mass is 529 g/mol. The number of β-amino-alcohol motifs (C(OH)–C–C–N with tert-alkyl or cyclic N) is 1. The van der Waals surface area contributed by atoms with Crippen LogP contribution in [0, 0.1) is 46.3 Å². The van der Waals surface area contributed by atoms with Crippen LogP contribution in [0.2, 0.25) is 0 Å². The number of allylic oxidation sites excluding steroid dienone is 1. The van der Waals surface area contributed by atoms with Crippen LogP contribution in [0.3, 0.4) is 0 Å². The first kappa shape index (κ1) is 28.5. The summed E-state index contributed by atoms with van der Waals surface area (Å²) in [5.41, 5.74) is 2.28. The zero-order valence-electron chi connectivity index (χ0n) is 24.8. The first-order valence-corrected chi connectivity index (χ1v) is 16.0. The Labute approximate surface area is 231 Å². The molecule has 5 rings (SSSR count). The molecule has 3 saturated carbocycles. The van der Waals surface area contributed by atoms with Crippen LogP contribution in [-0.2, 0) is 4.74 Å². The van der Waals surface area contributed by atoms with Gasteiger partial charge in [-0.1, -0.05) is 65.5 Å². The molecule has 0 bridgehead atoms. The smallest absolute Gasteiger partial charge is 0.410 e. The average molecular weight is 530 g/mol. The maximum Gasteiger partial charge on any atom is 0.410 e. The van der Waals surface area contributed by atoms with Crippen LogP contribution in [0.1, 0.15) is 112 Å². The summed E-state index contributed by atoms with van der Waals surface area (Å²) in [6.07, 6.45) is 15.8. The van der Waals surface area contributed by atoms with Crippen molar-refractivity contribution in [2.45, 2.75) is 130 Å². The number of carbonyl (C=O) groups excluding carboxylic acids is 1. The summed E-state index contributed by atoms with van der Waals surface area (Å²) in [7, 11) is 0. The van der Waals surface area contributed by atoms with E-state index >= 15 is 0 Å². The van der Waals surface area contributed by atoms with Gasteiger partial charge in [-0.25, -0.2) is 4.79 Å². The van der Waals surface area contributed by atoms with Crippen LogP contribution in [0.4, 0.5) is 4.79 Å². The van der Waals surface area contributed by atoms with E-state index in [1.165, 1.54) is 61.8 Å². The van der Waals surface area contributed by atoms with Crippen LogP contribution in [0.15, 0.2) is 11.6 Å². The SMILES string of the molecule is CC(C)CCC[C@@H](C)[C@H]1CCC2C3CC=C4CC(OC(=O)N5C[C@H](O)C[C@H]5CO)CC[C@]4(C)C3CC[C@@]21C. The van der Waals surface area contributed by atoms with E-state index in [2.05, 4.69) is 40.7 Å². The lowest BCUT2D eigenvalue weighted by Gasteiger charge is -2.58. The van der Waals surface area contributed by atoms with Crippen molar-refractivity contribution in [3.05, 3.63) is 11.6 Å². The molecule has 5 heteroatoms. The van der Waals surface area contributed by atoms with Gasteiger partial charge in [0.05, 0.1) is 25.3 Å². The molecule has 0 spiro atoms. The van der Waals surface area contributed by atoms with Gasteiger partial charge in [-0.15, -0.1) is 0 Å². The van der Waals surface area contributed by atoms with E-state index in [-0.39, 0.29) is 36.8 Å². The fourth-order valence-electron chi connectivity index (χ4n) is 10.3. The highest BCUT2D eigenvalue weighted by molar-refractivity contribution is 5.69. The maximum atomic E-state index is 12.9. The minimum absolute atomic E-state index is 0.0909. The predicted molar refractivity (Wildman–Crippen MR) is 152 cm³/mol.